The molecule has 0 radical (unpaired) electrons. The van der Waals surface area contributed by atoms with E-state index in [-0.39, 0.29) is 22.4 Å². The fourth-order valence-corrected chi connectivity index (χ4v) is 3.09. The molecule has 0 aliphatic heterocycles. The van der Waals surface area contributed by atoms with Crippen LogP contribution in [0.2, 0.25) is 0 Å². The zero-order valence-corrected chi connectivity index (χ0v) is 15.0. The predicted octanol–water partition coefficient (Wildman–Crippen LogP) is 4.82. The van der Waals surface area contributed by atoms with Crippen LogP contribution >= 0.6 is 0 Å². The first kappa shape index (κ1) is 18.0. The van der Waals surface area contributed by atoms with Gasteiger partial charge >= 0.3 is 6.18 Å². The van der Waals surface area contributed by atoms with Crippen LogP contribution in [0.1, 0.15) is 11.3 Å². The molecule has 0 saturated carbocycles. The largest absolute Gasteiger partial charge is 0.497 e. The topological polar surface area (TPSA) is 52.8 Å². The van der Waals surface area contributed by atoms with E-state index in [4.69, 9.17) is 4.74 Å². The van der Waals surface area contributed by atoms with Gasteiger partial charge in [-0.3, -0.25) is 4.98 Å². The van der Waals surface area contributed by atoms with Crippen molar-refractivity contribution in [1.29, 1.82) is 0 Å². The molecule has 1 aromatic carbocycles. The Hall–Kier alpha value is -3.42. The fourth-order valence-electron chi connectivity index (χ4n) is 3.09. The van der Waals surface area contributed by atoms with E-state index < -0.39 is 11.7 Å². The van der Waals surface area contributed by atoms with Gasteiger partial charge in [0.25, 0.3) is 0 Å². The monoisotopic (exact) mass is 384 g/mol. The quantitative estimate of drug-likeness (QED) is 0.508. The number of hydrogen-bond donors (Lipinski definition) is 0. The number of aryl methyl sites for hydroxylation is 1. The van der Waals surface area contributed by atoms with Gasteiger partial charge in [-0.05, 0) is 49.4 Å². The lowest BCUT2D eigenvalue weighted by Crippen LogP contribution is -2.08. The Bertz CT molecular complexity index is 1140. The highest BCUT2D eigenvalue weighted by Crippen LogP contribution is 2.38. The number of benzene rings is 1. The molecule has 5 nitrogen and oxygen atoms in total. The summed E-state index contributed by atoms with van der Waals surface area (Å²) in [5, 5.41) is 4.31. The number of aromatic nitrogens is 4. The van der Waals surface area contributed by atoms with Crippen molar-refractivity contribution in [3.63, 3.8) is 0 Å². The second-order valence-corrected chi connectivity index (χ2v) is 6.18. The molecule has 28 heavy (non-hydrogen) atoms. The second kappa shape index (κ2) is 6.63. The fraction of sp³-hybridized carbons (Fsp3) is 0.150. The summed E-state index contributed by atoms with van der Waals surface area (Å²) in [5.74, 6) is 0.637. The van der Waals surface area contributed by atoms with Crippen LogP contribution in [0, 0.1) is 6.92 Å². The number of pyridine rings is 2. The minimum atomic E-state index is -4.54. The molecule has 0 atom stereocenters. The maximum absolute atomic E-state index is 13.8. The van der Waals surface area contributed by atoms with Gasteiger partial charge in [0.1, 0.15) is 5.75 Å². The van der Waals surface area contributed by atoms with Gasteiger partial charge in [-0.15, -0.1) is 0 Å². The van der Waals surface area contributed by atoms with Gasteiger partial charge in [-0.2, -0.15) is 18.3 Å². The third kappa shape index (κ3) is 3.06. The van der Waals surface area contributed by atoms with Crippen molar-refractivity contribution in [3.05, 3.63) is 66.1 Å². The maximum atomic E-state index is 13.8. The zero-order chi connectivity index (χ0) is 19.9. The number of hydrogen-bond acceptors (Lipinski definition) is 4. The summed E-state index contributed by atoms with van der Waals surface area (Å²) in [7, 11) is 1.54. The molecule has 0 aliphatic rings. The minimum Gasteiger partial charge on any atom is -0.497 e. The highest BCUT2D eigenvalue weighted by atomic mass is 19.4. The molecule has 0 amide bonds. The van der Waals surface area contributed by atoms with Crippen molar-refractivity contribution in [2.45, 2.75) is 13.1 Å². The molecule has 3 heterocycles. The number of ether oxygens (including phenoxy) is 1. The highest BCUT2D eigenvalue weighted by Gasteiger charge is 2.35. The molecule has 0 saturated heterocycles. The van der Waals surface area contributed by atoms with E-state index in [0.717, 1.165) is 6.07 Å². The van der Waals surface area contributed by atoms with Crippen molar-refractivity contribution in [1.82, 2.24) is 19.7 Å². The van der Waals surface area contributed by atoms with Crippen molar-refractivity contribution >= 4 is 11.0 Å². The Morgan fingerprint density at radius 2 is 1.68 bits per heavy atom. The highest BCUT2D eigenvalue weighted by molar-refractivity contribution is 5.86. The van der Waals surface area contributed by atoms with E-state index in [2.05, 4.69) is 15.1 Å². The number of fused-ring (bicyclic) bond motifs is 1. The summed E-state index contributed by atoms with van der Waals surface area (Å²) >= 11 is 0. The van der Waals surface area contributed by atoms with E-state index in [9.17, 15) is 13.2 Å². The van der Waals surface area contributed by atoms with Crippen LogP contribution in [0.4, 0.5) is 13.2 Å². The summed E-state index contributed by atoms with van der Waals surface area (Å²) in [4.78, 5) is 8.41. The van der Waals surface area contributed by atoms with Gasteiger partial charge in [0.05, 0.1) is 35.1 Å². The van der Waals surface area contributed by atoms with Crippen molar-refractivity contribution < 1.29 is 17.9 Å². The Balaban J connectivity index is 2.02. The molecule has 3 aromatic heterocycles. The van der Waals surface area contributed by atoms with Crippen LogP contribution in [-0.4, -0.2) is 26.9 Å². The third-order valence-corrected chi connectivity index (χ3v) is 4.41. The Morgan fingerprint density at radius 1 is 1.00 bits per heavy atom. The zero-order valence-electron chi connectivity index (χ0n) is 15.0. The lowest BCUT2D eigenvalue weighted by Gasteiger charge is -2.12. The van der Waals surface area contributed by atoms with Crippen LogP contribution in [-0.2, 0) is 6.18 Å². The van der Waals surface area contributed by atoms with Crippen LogP contribution in [0.25, 0.3) is 28.0 Å². The summed E-state index contributed by atoms with van der Waals surface area (Å²) in [6, 6.07) is 11.2. The van der Waals surface area contributed by atoms with Crippen molar-refractivity contribution in [3.8, 4) is 22.7 Å². The van der Waals surface area contributed by atoms with E-state index in [1.54, 1.807) is 50.4 Å². The second-order valence-electron chi connectivity index (χ2n) is 6.18. The van der Waals surface area contributed by atoms with Crippen molar-refractivity contribution in [2.75, 3.05) is 7.11 Å². The summed E-state index contributed by atoms with van der Waals surface area (Å²) in [6.45, 7) is 1.55. The van der Waals surface area contributed by atoms with Crippen LogP contribution in [0.15, 0.2) is 54.9 Å². The Labute approximate surface area is 158 Å². The average molecular weight is 384 g/mol. The van der Waals surface area contributed by atoms with Gasteiger partial charge < -0.3 is 4.74 Å². The van der Waals surface area contributed by atoms with Crippen molar-refractivity contribution in [2.24, 2.45) is 0 Å². The number of halogens is 3. The van der Waals surface area contributed by atoms with Crippen LogP contribution in [0.3, 0.4) is 0 Å². The van der Waals surface area contributed by atoms with Gasteiger partial charge in [-0.25, -0.2) is 9.67 Å². The molecule has 0 fully saturated rings. The number of rotatable bonds is 3. The number of nitrogens with zero attached hydrogens (tertiary/aromatic N) is 4. The Morgan fingerprint density at radius 3 is 2.29 bits per heavy atom. The summed E-state index contributed by atoms with van der Waals surface area (Å²) in [5.41, 5.74) is 0.976. The summed E-state index contributed by atoms with van der Waals surface area (Å²) < 4.78 is 48.0. The first-order valence-electron chi connectivity index (χ1n) is 8.41. The number of methoxy groups -OCH3 is 1. The third-order valence-electron chi connectivity index (χ3n) is 4.41. The van der Waals surface area contributed by atoms with Crippen LogP contribution in [0.5, 0.6) is 5.75 Å². The molecule has 0 spiro atoms. The standard InChI is InChI=1S/C20H15F3N4O/c1-12-18-16(20(21,22)23)11-17(13-7-9-24-10-8-13)25-19(18)27(26-12)14-3-5-15(28-2)6-4-14/h3-11H,1-2H3. The van der Waals surface area contributed by atoms with E-state index in [1.807, 2.05) is 0 Å². The van der Waals surface area contributed by atoms with Gasteiger partial charge in [0.2, 0.25) is 0 Å². The van der Waals surface area contributed by atoms with E-state index in [0.29, 0.717) is 17.0 Å². The SMILES string of the molecule is COc1ccc(-n2nc(C)c3c(C(F)(F)F)cc(-c4ccncc4)nc32)cc1. The molecule has 0 bridgehead atoms. The lowest BCUT2D eigenvalue weighted by molar-refractivity contribution is -0.136. The van der Waals surface area contributed by atoms with Crippen LogP contribution < -0.4 is 4.74 Å². The first-order chi connectivity index (χ1) is 13.4. The minimum absolute atomic E-state index is 0.0128. The molecule has 142 valence electrons. The molecular weight excluding hydrogens is 369 g/mol. The lowest BCUT2D eigenvalue weighted by atomic mass is 10.1. The molecule has 4 rings (SSSR count). The molecule has 0 aliphatic carbocycles. The molecule has 0 N–H and O–H groups in total. The molecule has 0 unspecified atom stereocenters. The summed E-state index contributed by atoms with van der Waals surface area (Å²) in [6.07, 6.45) is -1.51. The maximum Gasteiger partial charge on any atom is 0.417 e. The van der Waals surface area contributed by atoms with Gasteiger partial charge in [0, 0.05) is 18.0 Å². The van der Waals surface area contributed by atoms with E-state index >= 15 is 0 Å². The van der Waals surface area contributed by atoms with E-state index in [1.165, 1.54) is 17.1 Å². The molecule has 4 aromatic rings. The first-order valence-corrected chi connectivity index (χ1v) is 8.41. The van der Waals surface area contributed by atoms with Gasteiger partial charge in [0.15, 0.2) is 5.65 Å². The molecule has 8 heteroatoms. The smallest absolute Gasteiger partial charge is 0.417 e. The predicted molar refractivity (Wildman–Crippen MR) is 98.4 cm³/mol. The number of alkyl halides is 3. The van der Waals surface area contributed by atoms with Gasteiger partial charge in [-0.1, -0.05) is 0 Å². The normalized spacial score (nSPS) is 11.8. The average Bonchev–Trinajstić information content (AvgIpc) is 3.04. The molecular formula is C20H15F3N4O. The Kier molecular flexibility index (Phi) is 4.26.